The van der Waals surface area contributed by atoms with Crippen LogP contribution in [0.3, 0.4) is 0 Å². The maximum absolute atomic E-state index is 11.8. The van der Waals surface area contributed by atoms with Crippen LogP contribution >= 0.6 is 0 Å². The number of hydrogen-bond donors (Lipinski definition) is 3. The number of carbonyl (C=O) groups is 3. The monoisotopic (exact) mass is 293 g/mol. The van der Waals surface area contributed by atoms with Crippen LogP contribution in [0.2, 0.25) is 0 Å². The van der Waals surface area contributed by atoms with E-state index in [-0.39, 0.29) is 24.9 Å². The van der Waals surface area contributed by atoms with Crippen molar-refractivity contribution in [3.63, 3.8) is 0 Å². The van der Waals surface area contributed by atoms with E-state index in [1.54, 1.807) is 24.3 Å². The predicted molar refractivity (Wildman–Crippen MR) is 78.0 cm³/mol. The molecular weight excluding hydrogens is 274 g/mol. The lowest BCUT2D eigenvalue weighted by Gasteiger charge is -2.22. The van der Waals surface area contributed by atoms with E-state index in [0.29, 0.717) is 18.8 Å². The van der Waals surface area contributed by atoms with E-state index in [0.717, 1.165) is 0 Å². The van der Waals surface area contributed by atoms with Gasteiger partial charge in [-0.1, -0.05) is 18.2 Å². The Morgan fingerprint density at radius 2 is 1.67 bits per heavy atom. The van der Waals surface area contributed by atoms with Gasteiger partial charge in [0.05, 0.1) is 6.54 Å². The van der Waals surface area contributed by atoms with Crippen molar-refractivity contribution in [1.29, 1.82) is 0 Å². The largest absolute Gasteiger partial charge is 0.480 e. The fourth-order valence-electron chi connectivity index (χ4n) is 1.71. The maximum atomic E-state index is 11.8. The predicted octanol–water partition coefficient (Wildman–Crippen LogP) is -0.170. The molecule has 0 unspecified atom stereocenters. The molecule has 21 heavy (non-hydrogen) atoms. The van der Waals surface area contributed by atoms with E-state index in [1.165, 1.54) is 11.8 Å². The quantitative estimate of drug-likeness (QED) is 0.578. The molecule has 0 heterocycles. The van der Waals surface area contributed by atoms with Crippen LogP contribution in [0, 0.1) is 0 Å². The van der Waals surface area contributed by atoms with Gasteiger partial charge in [0.25, 0.3) is 0 Å². The second-order valence-electron chi connectivity index (χ2n) is 4.42. The van der Waals surface area contributed by atoms with Gasteiger partial charge in [0.2, 0.25) is 11.8 Å². The molecule has 0 aliphatic heterocycles. The second-order valence-corrected chi connectivity index (χ2v) is 4.42. The summed E-state index contributed by atoms with van der Waals surface area (Å²) in [5.74, 6) is -1.48. The smallest absolute Gasteiger partial charge is 0.323 e. The van der Waals surface area contributed by atoms with E-state index in [1.807, 2.05) is 6.07 Å². The Morgan fingerprint density at radius 1 is 1.05 bits per heavy atom. The number of amides is 2. The van der Waals surface area contributed by atoms with Crippen LogP contribution in [0.15, 0.2) is 30.3 Å². The van der Waals surface area contributed by atoms with E-state index in [2.05, 4.69) is 10.6 Å². The average molecular weight is 293 g/mol. The van der Waals surface area contributed by atoms with Crippen molar-refractivity contribution in [3.05, 3.63) is 30.3 Å². The molecule has 0 bridgehead atoms. The molecule has 7 nitrogen and oxygen atoms in total. The second kappa shape index (κ2) is 8.57. The van der Waals surface area contributed by atoms with Crippen molar-refractivity contribution in [2.75, 3.05) is 31.1 Å². The third-order valence-corrected chi connectivity index (χ3v) is 2.60. The lowest BCUT2D eigenvalue weighted by Crippen LogP contribution is -2.42. The van der Waals surface area contributed by atoms with Crippen LogP contribution in [0.5, 0.6) is 0 Å². The first kappa shape index (κ1) is 16.5. The summed E-state index contributed by atoms with van der Waals surface area (Å²) in [4.78, 5) is 34.8. The van der Waals surface area contributed by atoms with E-state index in [9.17, 15) is 14.4 Å². The van der Waals surface area contributed by atoms with Crippen LogP contribution in [0.1, 0.15) is 6.92 Å². The molecule has 7 heteroatoms. The standard InChI is InChI=1S/C14H19N3O4/c1-11(18)15-7-8-16-13(19)9-17(10-14(20)21)12-5-3-2-4-6-12/h2-6H,7-10H2,1H3,(H,15,18)(H,16,19)(H,20,21). The van der Waals surface area contributed by atoms with Crippen molar-refractivity contribution in [1.82, 2.24) is 10.6 Å². The molecule has 1 aromatic rings. The first-order valence-corrected chi connectivity index (χ1v) is 6.52. The number of carboxylic acids is 1. The van der Waals surface area contributed by atoms with Gasteiger partial charge in [-0.05, 0) is 12.1 Å². The molecule has 0 atom stereocenters. The van der Waals surface area contributed by atoms with Crippen LogP contribution in [0.25, 0.3) is 0 Å². The number of carbonyl (C=O) groups excluding carboxylic acids is 2. The van der Waals surface area contributed by atoms with Gasteiger partial charge < -0.3 is 20.6 Å². The molecule has 0 saturated carbocycles. The maximum Gasteiger partial charge on any atom is 0.323 e. The van der Waals surface area contributed by atoms with Gasteiger partial charge in [-0.3, -0.25) is 14.4 Å². The van der Waals surface area contributed by atoms with Crippen LogP contribution in [0.4, 0.5) is 5.69 Å². The normalized spacial score (nSPS) is 9.76. The summed E-state index contributed by atoms with van der Waals surface area (Å²) >= 11 is 0. The van der Waals surface area contributed by atoms with E-state index >= 15 is 0 Å². The van der Waals surface area contributed by atoms with Crippen LogP contribution < -0.4 is 15.5 Å². The van der Waals surface area contributed by atoms with E-state index < -0.39 is 5.97 Å². The molecule has 0 aromatic heterocycles. The van der Waals surface area contributed by atoms with Gasteiger partial charge >= 0.3 is 5.97 Å². The van der Waals surface area contributed by atoms with Gasteiger partial charge in [-0.25, -0.2) is 0 Å². The minimum absolute atomic E-state index is 0.0591. The molecule has 0 fully saturated rings. The Morgan fingerprint density at radius 3 is 2.24 bits per heavy atom. The van der Waals surface area contributed by atoms with Crippen molar-refractivity contribution in [3.8, 4) is 0 Å². The number of anilines is 1. The van der Waals surface area contributed by atoms with Gasteiger partial charge in [-0.2, -0.15) is 0 Å². The van der Waals surface area contributed by atoms with Gasteiger partial charge in [-0.15, -0.1) is 0 Å². The molecule has 3 N–H and O–H groups in total. The Kier molecular flexibility index (Phi) is 6.73. The fourth-order valence-corrected chi connectivity index (χ4v) is 1.71. The zero-order valence-corrected chi connectivity index (χ0v) is 11.8. The average Bonchev–Trinajstić information content (AvgIpc) is 2.43. The number of para-hydroxylation sites is 1. The highest BCUT2D eigenvalue weighted by Gasteiger charge is 2.14. The summed E-state index contributed by atoms with van der Waals surface area (Å²) in [6.07, 6.45) is 0. The highest BCUT2D eigenvalue weighted by atomic mass is 16.4. The minimum Gasteiger partial charge on any atom is -0.480 e. The Bertz CT molecular complexity index is 490. The summed E-state index contributed by atoms with van der Waals surface area (Å²) in [5.41, 5.74) is 0.664. The zero-order chi connectivity index (χ0) is 15.7. The third-order valence-electron chi connectivity index (χ3n) is 2.60. The molecule has 0 aliphatic rings. The highest BCUT2D eigenvalue weighted by Crippen LogP contribution is 2.12. The summed E-state index contributed by atoms with van der Waals surface area (Å²) in [5, 5.41) is 14.1. The van der Waals surface area contributed by atoms with Crippen LogP contribution in [-0.4, -0.2) is 49.1 Å². The fraction of sp³-hybridized carbons (Fsp3) is 0.357. The van der Waals surface area contributed by atoms with E-state index in [4.69, 9.17) is 5.11 Å². The first-order valence-electron chi connectivity index (χ1n) is 6.52. The number of carboxylic acid groups (broad SMARTS) is 1. The SMILES string of the molecule is CC(=O)NCCNC(=O)CN(CC(=O)O)c1ccccc1. The molecule has 0 radical (unpaired) electrons. The third kappa shape index (κ3) is 6.95. The Balaban J connectivity index is 2.51. The van der Waals surface area contributed by atoms with Crippen molar-refractivity contribution < 1.29 is 19.5 Å². The number of aliphatic carboxylic acids is 1. The summed E-state index contributed by atoms with van der Waals surface area (Å²) in [6, 6.07) is 8.86. The van der Waals surface area contributed by atoms with Crippen molar-refractivity contribution >= 4 is 23.5 Å². The van der Waals surface area contributed by atoms with Crippen molar-refractivity contribution in [2.24, 2.45) is 0 Å². The molecule has 1 rings (SSSR count). The molecule has 0 spiro atoms. The molecule has 2 amide bonds. The van der Waals surface area contributed by atoms with Gasteiger partial charge in [0.15, 0.2) is 0 Å². The molecule has 114 valence electrons. The number of nitrogens with zero attached hydrogens (tertiary/aromatic N) is 1. The topological polar surface area (TPSA) is 98.7 Å². The number of benzene rings is 1. The molecule has 0 aliphatic carbocycles. The Labute approximate surface area is 122 Å². The minimum atomic E-state index is -1.01. The first-order chi connectivity index (χ1) is 9.99. The van der Waals surface area contributed by atoms with Crippen LogP contribution in [-0.2, 0) is 14.4 Å². The number of rotatable bonds is 8. The zero-order valence-electron chi connectivity index (χ0n) is 11.8. The lowest BCUT2D eigenvalue weighted by molar-refractivity contribution is -0.135. The lowest BCUT2D eigenvalue weighted by atomic mass is 10.3. The summed E-state index contributed by atoms with van der Waals surface area (Å²) in [7, 11) is 0. The molecule has 1 aromatic carbocycles. The van der Waals surface area contributed by atoms with Crippen molar-refractivity contribution in [2.45, 2.75) is 6.92 Å². The van der Waals surface area contributed by atoms with Gasteiger partial charge in [0, 0.05) is 25.7 Å². The summed E-state index contributed by atoms with van der Waals surface area (Å²) in [6.45, 7) is 1.71. The van der Waals surface area contributed by atoms with Gasteiger partial charge in [0.1, 0.15) is 6.54 Å². The Hall–Kier alpha value is -2.57. The molecular formula is C14H19N3O4. The number of hydrogen-bond acceptors (Lipinski definition) is 4. The highest BCUT2D eigenvalue weighted by molar-refractivity contribution is 5.84. The molecule has 0 saturated heterocycles. The summed E-state index contributed by atoms with van der Waals surface area (Å²) < 4.78 is 0. The number of nitrogens with one attached hydrogen (secondary N) is 2.